The Morgan fingerprint density at radius 2 is 1.00 bits per heavy atom. The summed E-state index contributed by atoms with van der Waals surface area (Å²) in [5, 5.41) is 0. The molecule has 3 radical (unpaired) electrons. The average Bonchev–Trinajstić information content (AvgIpc) is 0. The van der Waals surface area contributed by atoms with Crippen molar-refractivity contribution in [2.75, 3.05) is 0 Å². The van der Waals surface area contributed by atoms with Crippen LogP contribution in [0.1, 0.15) is 0 Å². The molecular formula is EuGdOZr. The Kier molecular flexibility index (Phi) is 99.6. The minimum absolute atomic E-state index is 0. The molecule has 0 saturated carbocycles. The molecule has 0 fully saturated rings. The number of hydrogen-bond acceptors (Lipinski definition) is 0. The monoisotopic (exact) mass is 417 g/mol. The Hall–Kier alpha value is 3.75. The summed E-state index contributed by atoms with van der Waals surface area (Å²) in [6.07, 6.45) is 0. The molecule has 0 aliphatic carbocycles. The van der Waals surface area contributed by atoms with Gasteiger partial charge in [0.05, 0.1) is 0 Å². The van der Waals surface area contributed by atoms with E-state index in [1.165, 1.54) is 0 Å². The Morgan fingerprint density at radius 3 is 1.00 bits per heavy atom. The van der Waals surface area contributed by atoms with Gasteiger partial charge < -0.3 is 0 Å². The van der Waals surface area contributed by atoms with Crippen LogP contribution in [0.3, 0.4) is 0 Å². The maximum atomic E-state index is 0. The number of rotatable bonds is 0. The molecule has 0 amide bonds. The van der Waals surface area contributed by atoms with Crippen molar-refractivity contribution in [2.45, 2.75) is 0 Å². The van der Waals surface area contributed by atoms with Gasteiger partial charge in [0.2, 0.25) is 0 Å². The van der Waals surface area contributed by atoms with Crippen molar-refractivity contribution in [1.29, 1.82) is 0 Å². The van der Waals surface area contributed by atoms with Crippen molar-refractivity contribution in [1.82, 2.24) is 0 Å². The van der Waals surface area contributed by atoms with E-state index in [0.717, 1.165) is 0 Å². The van der Waals surface area contributed by atoms with Crippen molar-refractivity contribution >= 4 is 0 Å². The van der Waals surface area contributed by atoms with Crippen molar-refractivity contribution in [3.63, 3.8) is 0 Å². The van der Waals surface area contributed by atoms with Gasteiger partial charge >= 0.3 is 0 Å². The van der Waals surface area contributed by atoms with E-state index in [1.807, 2.05) is 0 Å². The smallest absolute Gasteiger partial charge is 0 e. The molecule has 0 saturated heterocycles. The van der Waals surface area contributed by atoms with Gasteiger partial charge in [-0.2, -0.15) is 0 Å². The van der Waals surface area contributed by atoms with Crippen LogP contribution in [-0.2, 0) is 31.7 Å². The summed E-state index contributed by atoms with van der Waals surface area (Å²) in [5.74, 6) is 0. The molecule has 0 bridgehead atoms. The topological polar surface area (TPSA) is 28.5 Å². The van der Waals surface area contributed by atoms with E-state index in [2.05, 4.69) is 0 Å². The normalized spacial score (nSPS) is 0. The molecule has 25 valence electrons. The molecule has 4 heavy (non-hydrogen) atoms. The molecule has 0 aromatic heterocycles. The van der Waals surface area contributed by atoms with Crippen LogP contribution < -0.4 is 0 Å². The molecule has 0 unspecified atom stereocenters. The fourth-order valence-corrected chi connectivity index (χ4v) is 0. The second kappa shape index (κ2) is 15.9. The third-order valence-electron chi connectivity index (χ3n) is 0. The van der Waals surface area contributed by atoms with E-state index >= 15 is 0 Å². The van der Waals surface area contributed by atoms with Gasteiger partial charge in [-0.15, -0.1) is 0 Å². The zero-order valence-electron chi connectivity index (χ0n) is 1.64. The second-order valence-electron chi connectivity index (χ2n) is 0. The summed E-state index contributed by atoms with van der Waals surface area (Å²) in [5.41, 5.74) is 0. The van der Waals surface area contributed by atoms with Crippen molar-refractivity contribution in [3.05, 3.63) is 0 Å². The number of hydrogen-bond donors (Lipinski definition) is 0. The summed E-state index contributed by atoms with van der Waals surface area (Å²) < 4.78 is 0. The summed E-state index contributed by atoms with van der Waals surface area (Å²) in [6, 6.07) is 0. The molecule has 4 heteroatoms. The van der Waals surface area contributed by atoms with E-state index < -0.39 is 0 Å². The minimum atomic E-state index is 0. The third-order valence-corrected chi connectivity index (χ3v) is 0. The largest absolute Gasteiger partial charge is 0 e. The van der Waals surface area contributed by atoms with Crippen LogP contribution in [0.25, 0.3) is 0 Å². The van der Waals surface area contributed by atoms with E-state index in [-0.39, 0.29) is 121 Å². The van der Waals surface area contributed by atoms with E-state index in [9.17, 15) is 0 Å². The Balaban J connectivity index is 0. The molecule has 0 aliphatic rings. The van der Waals surface area contributed by atoms with Crippen molar-refractivity contribution in [3.8, 4) is 0 Å². The molecule has 0 atom stereocenters. The summed E-state index contributed by atoms with van der Waals surface area (Å²) >= 11 is 0. The molecule has 0 rings (SSSR count). The van der Waals surface area contributed by atoms with Crippen LogP contribution in [-0.4, -0.2) is 0 Å². The Bertz CT molecular complexity index is 8.00. The SMILES string of the molecule is [Eu].[Gd].[O].[Zr]. The predicted molar refractivity (Wildman–Crippen MR) is 0.686 cm³/mol. The Labute approximate surface area is 117 Å². The van der Waals surface area contributed by atoms with Crippen molar-refractivity contribution < 1.29 is 121 Å². The molecular weight excluding hydrogens is 416 g/mol. The van der Waals surface area contributed by atoms with Gasteiger partial charge in [0.1, 0.15) is 0 Å². The molecule has 1 nitrogen and oxygen atoms in total. The van der Waals surface area contributed by atoms with Gasteiger partial charge in [-0.3, -0.25) is 0 Å². The molecule has 0 aliphatic heterocycles. The van der Waals surface area contributed by atoms with Crippen LogP contribution >= 0.6 is 0 Å². The summed E-state index contributed by atoms with van der Waals surface area (Å²) in [4.78, 5) is 0. The third kappa shape index (κ3) is 9.23. The van der Waals surface area contributed by atoms with Gasteiger partial charge in [0.15, 0.2) is 0 Å². The van der Waals surface area contributed by atoms with Gasteiger partial charge in [-0.25, -0.2) is 0 Å². The summed E-state index contributed by atoms with van der Waals surface area (Å²) in [6.45, 7) is 0. The molecule has 0 heterocycles. The standard InChI is InChI=1S/Eu.Gd.O.Zr. The van der Waals surface area contributed by atoms with Gasteiger partial charge in [-0.1, -0.05) is 0 Å². The van der Waals surface area contributed by atoms with E-state index in [1.54, 1.807) is 0 Å². The molecule has 0 spiro atoms. The first-order chi connectivity index (χ1) is 0. The fraction of sp³-hybridized carbons (Fsp3) is 0. The van der Waals surface area contributed by atoms with Crippen LogP contribution in [0.2, 0.25) is 0 Å². The quantitative estimate of drug-likeness (QED) is 0.527. The van der Waals surface area contributed by atoms with Gasteiger partial charge in [0, 0.05) is 121 Å². The van der Waals surface area contributed by atoms with E-state index in [0.29, 0.717) is 0 Å². The minimum Gasteiger partial charge on any atom is 0 e. The molecule has 0 N–H and O–H groups in total. The fourth-order valence-electron chi connectivity index (χ4n) is 0. The van der Waals surface area contributed by atoms with Crippen LogP contribution in [0.5, 0.6) is 0 Å². The maximum absolute atomic E-state index is 0. The first-order valence-electron chi connectivity index (χ1n) is 0. The predicted octanol–water partition coefficient (Wildman–Crippen LogP) is -0.121. The maximum Gasteiger partial charge on any atom is 0 e. The first kappa shape index (κ1) is 25.1. The van der Waals surface area contributed by atoms with Gasteiger partial charge in [-0.05, 0) is 0 Å². The summed E-state index contributed by atoms with van der Waals surface area (Å²) in [7, 11) is 0. The zero-order valence-corrected chi connectivity index (χ0v) is 8.79. The van der Waals surface area contributed by atoms with Crippen LogP contribution in [0.4, 0.5) is 0 Å². The van der Waals surface area contributed by atoms with Crippen LogP contribution in [0.15, 0.2) is 0 Å². The Morgan fingerprint density at radius 1 is 1.00 bits per heavy atom. The van der Waals surface area contributed by atoms with Crippen molar-refractivity contribution in [2.24, 2.45) is 0 Å². The van der Waals surface area contributed by atoms with E-state index in [4.69, 9.17) is 0 Å². The first-order valence-corrected chi connectivity index (χ1v) is 0. The second-order valence-corrected chi connectivity index (χ2v) is 0. The molecule has 0 aromatic carbocycles. The van der Waals surface area contributed by atoms with Crippen LogP contribution in [0, 0.1) is 89.3 Å². The zero-order chi connectivity index (χ0) is 0. The average molecular weight is 416 g/mol. The van der Waals surface area contributed by atoms with Gasteiger partial charge in [0.25, 0.3) is 0 Å². The molecule has 0 aromatic rings.